The molecule has 0 radical (unpaired) electrons. The highest BCUT2D eigenvalue weighted by atomic mass is 35.5. The first-order chi connectivity index (χ1) is 13.3. The summed E-state index contributed by atoms with van der Waals surface area (Å²) in [5, 5.41) is 8.92. The molecule has 6 nitrogen and oxygen atoms in total. The van der Waals surface area contributed by atoms with E-state index < -0.39 is 0 Å². The van der Waals surface area contributed by atoms with E-state index in [0.29, 0.717) is 33.5 Å². The van der Waals surface area contributed by atoms with E-state index >= 15 is 0 Å². The number of thioether (sulfide) groups is 1. The van der Waals surface area contributed by atoms with Gasteiger partial charge in [0.25, 0.3) is 11.1 Å². The second kappa shape index (κ2) is 8.28. The fourth-order valence-corrected chi connectivity index (χ4v) is 3.12. The second-order valence-corrected chi connectivity index (χ2v) is 6.79. The molecule has 0 saturated heterocycles. The van der Waals surface area contributed by atoms with Crippen LogP contribution in [0.15, 0.2) is 74.9 Å². The molecule has 2 aromatic carbocycles. The number of ether oxygens (including phenoxy) is 1. The summed E-state index contributed by atoms with van der Waals surface area (Å²) in [6, 6.07) is 17.0. The van der Waals surface area contributed by atoms with Crippen molar-refractivity contribution in [3.8, 4) is 17.1 Å². The first kappa shape index (κ1) is 17.6. The Kier molecular flexibility index (Phi) is 5.41. The predicted molar refractivity (Wildman–Crippen MR) is 102 cm³/mol. The molecular formula is C19H14ClN3O3S. The van der Waals surface area contributed by atoms with Gasteiger partial charge in [0.15, 0.2) is 12.4 Å². The number of rotatable bonds is 7. The molecule has 2 heterocycles. The Hall–Kier alpha value is -2.77. The van der Waals surface area contributed by atoms with Crippen LogP contribution in [-0.4, -0.2) is 15.2 Å². The molecule has 8 heteroatoms. The standard InChI is InChI=1S/C19H14ClN3O3S/c20-14-8-4-5-9-15(14)24-11-17-22-23-19(26-17)27-12-18-21-10-16(25-18)13-6-2-1-3-7-13/h1-10H,11-12H2. The molecule has 0 spiro atoms. The Labute approximate surface area is 164 Å². The molecule has 0 aliphatic carbocycles. The zero-order valence-corrected chi connectivity index (χ0v) is 15.6. The minimum absolute atomic E-state index is 0.147. The van der Waals surface area contributed by atoms with Gasteiger partial charge in [-0.15, -0.1) is 10.2 Å². The molecule has 2 aromatic heterocycles. The van der Waals surface area contributed by atoms with Crippen molar-refractivity contribution in [3.63, 3.8) is 0 Å². The van der Waals surface area contributed by atoms with E-state index in [1.54, 1.807) is 18.3 Å². The van der Waals surface area contributed by atoms with E-state index in [0.717, 1.165) is 11.3 Å². The summed E-state index contributed by atoms with van der Waals surface area (Å²) < 4.78 is 16.9. The van der Waals surface area contributed by atoms with Crippen molar-refractivity contribution < 1.29 is 13.6 Å². The van der Waals surface area contributed by atoms with Crippen LogP contribution in [0.2, 0.25) is 5.02 Å². The van der Waals surface area contributed by atoms with Gasteiger partial charge in [-0.25, -0.2) is 4.98 Å². The highest BCUT2D eigenvalue weighted by Gasteiger charge is 2.11. The molecule has 4 aromatic rings. The Morgan fingerprint density at radius 1 is 0.926 bits per heavy atom. The van der Waals surface area contributed by atoms with Crippen LogP contribution < -0.4 is 4.74 Å². The van der Waals surface area contributed by atoms with Gasteiger partial charge in [0.2, 0.25) is 5.89 Å². The largest absolute Gasteiger partial charge is 0.482 e. The number of para-hydroxylation sites is 1. The van der Waals surface area contributed by atoms with E-state index in [2.05, 4.69) is 15.2 Å². The van der Waals surface area contributed by atoms with Crippen molar-refractivity contribution in [3.05, 3.63) is 77.6 Å². The molecule has 0 bridgehead atoms. The maximum absolute atomic E-state index is 6.05. The predicted octanol–water partition coefficient (Wildman–Crippen LogP) is 5.25. The molecule has 0 fully saturated rings. The normalized spacial score (nSPS) is 10.9. The van der Waals surface area contributed by atoms with Gasteiger partial charge >= 0.3 is 0 Å². The quantitative estimate of drug-likeness (QED) is 0.393. The summed E-state index contributed by atoms with van der Waals surface area (Å²) in [5.41, 5.74) is 0.984. The zero-order valence-electron chi connectivity index (χ0n) is 14.0. The summed E-state index contributed by atoms with van der Waals surface area (Å²) >= 11 is 7.40. The van der Waals surface area contributed by atoms with E-state index in [9.17, 15) is 0 Å². The summed E-state index contributed by atoms with van der Waals surface area (Å²) in [4.78, 5) is 4.28. The van der Waals surface area contributed by atoms with Gasteiger partial charge in [-0.1, -0.05) is 65.8 Å². The van der Waals surface area contributed by atoms with E-state index in [4.69, 9.17) is 25.2 Å². The maximum Gasteiger partial charge on any atom is 0.277 e. The molecule has 4 rings (SSSR count). The molecule has 0 saturated carbocycles. The SMILES string of the molecule is Clc1ccccc1OCc1nnc(SCc2ncc(-c3ccccc3)o2)o1. The van der Waals surface area contributed by atoms with Crippen LogP contribution in [0.4, 0.5) is 0 Å². The highest BCUT2D eigenvalue weighted by Crippen LogP contribution is 2.26. The fraction of sp³-hybridized carbons (Fsp3) is 0.105. The van der Waals surface area contributed by atoms with Crippen molar-refractivity contribution in [2.75, 3.05) is 0 Å². The second-order valence-electron chi connectivity index (χ2n) is 5.45. The Morgan fingerprint density at radius 2 is 1.74 bits per heavy atom. The highest BCUT2D eigenvalue weighted by molar-refractivity contribution is 7.98. The number of benzene rings is 2. The van der Waals surface area contributed by atoms with Crippen LogP contribution in [0.25, 0.3) is 11.3 Å². The van der Waals surface area contributed by atoms with Crippen molar-refractivity contribution in [1.82, 2.24) is 15.2 Å². The van der Waals surface area contributed by atoms with E-state index in [1.165, 1.54) is 11.8 Å². The van der Waals surface area contributed by atoms with E-state index in [1.807, 2.05) is 42.5 Å². The third-order valence-electron chi connectivity index (χ3n) is 3.57. The minimum atomic E-state index is 0.147. The number of nitrogens with zero attached hydrogens (tertiary/aromatic N) is 3. The summed E-state index contributed by atoms with van der Waals surface area (Å²) in [6.45, 7) is 0.147. The monoisotopic (exact) mass is 399 g/mol. The van der Waals surface area contributed by atoms with Gasteiger partial charge in [0.05, 0.1) is 17.0 Å². The van der Waals surface area contributed by atoms with Crippen molar-refractivity contribution >= 4 is 23.4 Å². The lowest BCUT2D eigenvalue weighted by atomic mass is 10.2. The molecule has 0 N–H and O–H groups in total. The molecule has 27 heavy (non-hydrogen) atoms. The van der Waals surface area contributed by atoms with Crippen LogP contribution in [-0.2, 0) is 12.4 Å². The lowest BCUT2D eigenvalue weighted by Gasteiger charge is -2.04. The molecule has 136 valence electrons. The zero-order chi connectivity index (χ0) is 18.5. The maximum atomic E-state index is 6.05. The summed E-state index contributed by atoms with van der Waals surface area (Å²) in [7, 11) is 0. The summed E-state index contributed by atoms with van der Waals surface area (Å²) in [5.74, 6) is 2.74. The third kappa shape index (κ3) is 4.50. The topological polar surface area (TPSA) is 74.2 Å². The van der Waals surface area contributed by atoms with Crippen LogP contribution in [0.5, 0.6) is 5.75 Å². The first-order valence-electron chi connectivity index (χ1n) is 8.10. The lowest BCUT2D eigenvalue weighted by molar-refractivity contribution is 0.252. The lowest BCUT2D eigenvalue weighted by Crippen LogP contribution is -1.95. The van der Waals surface area contributed by atoms with Gasteiger partial charge < -0.3 is 13.6 Å². The minimum Gasteiger partial charge on any atom is -0.482 e. The Balaban J connectivity index is 1.32. The van der Waals surface area contributed by atoms with Crippen LogP contribution in [0.1, 0.15) is 11.8 Å². The van der Waals surface area contributed by atoms with Gasteiger partial charge in [0, 0.05) is 5.56 Å². The molecule has 0 aliphatic rings. The third-order valence-corrected chi connectivity index (χ3v) is 4.68. The number of hydrogen-bond acceptors (Lipinski definition) is 7. The molecule has 0 aliphatic heterocycles. The smallest absolute Gasteiger partial charge is 0.277 e. The van der Waals surface area contributed by atoms with Gasteiger partial charge in [-0.05, 0) is 12.1 Å². The molecule has 0 atom stereocenters. The van der Waals surface area contributed by atoms with Crippen LogP contribution >= 0.6 is 23.4 Å². The molecular weight excluding hydrogens is 386 g/mol. The number of oxazole rings is 1. The van der Waals surface area contributed by atoms with Gasteiger partial charge in [0.1, 0.15) is 5.75 Å². The van der Waals surface area contributed by atoms with Crippen molar-refractivity contribution in [2.24, 2.45) is 0 Å². The summed E-state index contributed by atoms with van der Waals surface area (Å²) in [6.07, 6.45) is 1.71. The number of aromatic nitrogens is 3. The van der Waals surface area contributed by atoms with Crippen LogP contribution in [0.3, 0.4) is 0 Å². The van der Waals surface area contributed by atoms with Gasteiger partial charge in [-0.2, -0.15) is 0 Å². The Bertz CT molecular complexity index is 1020. The average Bonchev–Trinajstić information content (AvgIpc) is 3.36. The molecule has 0 unspecified atom stereocenters. The first-order valence-corrected chi connectivity index (χ1v) is 9.47. The fourth-order valence-electron chi connectivity index (χ4n) is 2.29. The molecule has 0 amide bonds. The van der Waals surface area contributed by atoms with Crippen LogP contribution in [0, 0.1) is 0 Å². The Morgan fingerprint density at radius 3 is 2.59 bits per heavy atom. The van der Waals surface area contributed by atoms with Crippen molar-refractivity contribution in [2.45, 2.75) is 17.6 Å². The number of halogens is 1. The number of hydrogen-bond donors (Lipinski definition) is 0. The van der Waals surface area contributed by atoms with Gasteiger partial charge in [-0.3, -0.25) is 0 Å². The average molecular weight is 400 g/mol. The van der Waals surface area contributed by atoms with E-state index in [-0.39, 0.29) is 6.61 Å². The van der Waals surface area contributed by atoms with Crippen molar-refractivity contribution in [1.29, 1.82) is 0 Å².